The van der Waals surface area contributed by atoms with Crippen LogP contribution in [-0.2, 0) is 11.3 Å². The van der Waals surface area contributed by atoms with Crippen molar-refractivity contribution in [2.75, 3.05) is 7.11 Å². The molecule has 13 heavy (non-hydrogen) atoms. The standard InChI is InChI=1S/C9H10O4/c1-12-7-3-2-6(10)5-4-13-9(11)8(5)7/h2-3,9-11H,4H2,1H3. The van der Waals surface area contributed by atoms with Crippen LogP contribution in [0, 0.1) is 0 Å². The zero-order chi connectivity index (χ0) is 9.42. The summed E-state index contributed by atoms with van der Waals surface area (Å²) in [4.78, 5) is 0. The summed E-state index contributed by atoms with van der Waals surface area (Å²) in [5.74, 6) is 0.671. The van der Waals surface area contributed by atoms with Gasteiger partial charge in [-0.3, -0.25) is 0 Å². The van der Waals surface area contributed by atoms with Gasteiger partial charge in [0, 0.05) is 5.56 Å². The summed E-state index contributed by atoms with van der Waals surface area (Å²) in [5, 5.41) is 18.8. The summed E-state index contributed by atoms with van der Waals surface area (Å²) < 4.78 is 9.99. The molecule has 2 N–H and O–H groups in total. The van der Waals surface area contributed by atoms with Crippen molar-refractivity contribution >= 4 is 0 Å². The zero-order valence-corrected chi connectivity index (χ0v) is 7.15. The lowest BCUT2D eigenvalue weighted by Gasteiger charge is -2.09. The van der Waals surface area contributed by atoms with Gasteiger partial charge in [-0.25, -0.2) is 0 Å². The number of fused-ring (bicyclic) bond motifs is 1. The van der Waals surface area contributed by atoms with Crippen molar-refractivity contribution in [1.29, 1.82) is 0 Å². The third-order valence-electron chi connectivity index (χ3n) is 2.14. The zero-order valence-electron chi connectivity index (χ0n) is 7.15. The Hall–Kier alpha value is -1.26. The van der Waals surface area contributed by atoms with Gasteiger partial charge in [-0.1, -0.05) is 0 Å². The average molecular weight is 182 g/mol. The van der Waals surface area contributed by atoms with Crippen LogP contribution in [0.4, 0.5) is 0 Å². The van der Waals surface area contributed by atoms with Gasteiger partial charge in [-0.2, -0.15) is 0 Å². The Kier molecular flexibility index (Phi) is 1.86. The number of hydrogen-bond acceptors (Lipinski definition) is 4. The van der Waals surface area contributed by atoms with Gasteiger partial charge in [-0.05, 0) is 12.1 Å². The van der Waals surface area contributed by atoms with Gasteiger partial charge < -0.3 is 19.7 Å². The third-order valence-corrected chi connectivity index (χ3v) is 2.14. The smallest absolute Gasteiger partial charge is 0.185 e. The molecule has 4 heteroatoms. The van der Waals surface area contributed by atoms with Gasteiger partial charge in [0.25, 0.3) is 0 Å². The molecule has 1 aromatic rings. The summed E-state index contributed by atoms with van der Waals surface area (Å²) in [6.07, 6.45) is -0.989. The predicted molar refractivity (Wildman–Crippen MR) is 44.4 cm³/mol. The van der Waals surface area contributed by atoms with Gasteiger partial charge in [0.15, 0.2) is 6.29 Å². The quantitative estimate of drug-likeness (QED) is 0.678. The van der Waals surface area contributed by atoms with Crippen LogP contribution >= 0.6 is 0 Å². The number of rotatable bonds is 1. The first-order valence-electron chi connectivity index (χ1n) is 3.92. The second-order valence-electron chi connectivity index (χ2n) is 2.84. The van der Waals surface area contributed by atoms with Crippen LogP contribution in [0.15, 0.2) is 12.1 Å². The number of aliphatic hydroxyl groups excluding tert-OH is 1. The van der Waals surface area contributed by atoms with Crippen molar-refractivity contribution in [3.8, 4) is 11.5 Å². The summed E-state index contributed by atoms with van der Waals surface area (Å²) in [6, 6.07) is 3.13. The Labute approximate surface area is 75.3 Å². The summed E-state index contributed by atoms with van der Waals surface area (Å²) in [5.41, 5.74) is 1.13. The van der Waals surface area contributed by atoms with E-state index in [1.165, 1.54) is 13.2 Å². The van der Waals surface area contributed by atoms with Gasteiger partial charge in [0.1, 0.15) is 11.5 Å². The highest BCUT2D eigenvalue weighted by atomic mass is 16.6. The molecule has 0 saturated heterocycles. The van der Waals surface area contributed by atoms with Gasteiger partial charge in [0.2, 0.25) is 0 Å². The molecule has 0 aliphatic carbocycles. The van der Waals surface area contributed by atoms with Crippen LogP contribution in [-0.4, -0.2) is 17.3 Å². The second kappa shape index (κ2) is 2.90. The largest absolute Gasteiger partial charge is 0.508 e. The molecule has 1 aromatic carbocycles. The molecule has 2 rings (SSSR count). The molecular formula is C9H10O4. The maximum atomic E-state index is 9.42. The molecule has 0 radical (unpaired) electrons. The van der Waals surface area contributed by atoms with Gasteiger partial charge >= 0.3 is 0 Å². The molecule has 0 saturated carbocycles. The minimum absolute atomic E-state index is 0.132. The number of aromatic hydroxyl groups is 1. The molecule has 1 heterocycles. The lowest BCUT2D eigenvalue weighted by Crippen LogP contribution is -1.96. The van der Waals surface area contributed by atoms with E-state index in [0.717, 1.165) is 0 Å². The fourth-order valence-corrected chi connectivity index (χ4v) is 1.48. The normalized spacial score (nSPS) is 20.0. The van der Waals surface area contributed by atoms with Crippen molar-refractivity contribution in [3.05, 3.63) is 23.3 Å². The van der Waals surface area contributed by atoms with Crippen LogP contribution in [0.25, 0.3) is 0 Å². The van der Waals surface area contributed by atoms with Gasteiger partial charge in [-0.15, -0.1) is 0 Å². The van der Waals surface area contributed by atoms with Crippen LogP contribution in [0.3, 0.4) is 0 Å². The molecule has 0 aromatic heterocycles. The number of phenols is 1. The lowest BCUT2D eigenvalue weighted by molar-refractivity contribution is -0.0926. The first-order chi connectivity index (χ1) is 6.24. The van der Waals surface area contributed by atoms with E-state index in [4.69, 9.17) is 9.47 Å². The van der Waals surface area contributed by atoms with E-state index in [1.807, 2.05) is 0 Å². The summed E-state index contributed by atoms with van der Waals surface area (Å²) in [7, 11) is 1.51. The predicted octanol–water partition coefficient (Wildman–Crippen LogP) is 0.922. The Morgan fingerprint density at radius 3 is 3.00 bits per heavy atom. The van der Waals surface area contributed by atoms with Gasteiger partial charge in [0.05, 0.1) is 19.3 Å². The van der Waals surface area contributed by atoms with E-state index in [1.54, 1.807) is 6.07 Å². The Morgan fingerprint density at radius 2 is 2.31 bits per heavy atom. The van der Waals surface area contributed by atoms with Crippen molar-refractivity contribution in [1.82, 2.24) is 0 Å². The van der Waals surface area contributed by atoms with Crippen molar-refractivity contribution < 1.29 is 19.7 Å². The Bertz CT molecular complexity index is 335. The van der Waals surface area contributed by atoms with Crippen molar-refractivity contribution in [2.24, 2.45) is 0 Å². The van der Waals surface area contributed by atoms with Crippen molar-refractivity contribution in [3.63, 3.8) is 0 Å². The van der Waals surface area contributed by atoms with E-state index in [0.29, 0.717) is 16.9 Å². The first kappa shape index (κ1) is 8.34. The molecule has 1 unspecified atom stereocenters. The summed E-state index contributed by atoms with van der Waals surface area (Å²) in [6.45, 7) is 0.222. The van der Waals surface area contributed by atoms with E-state index in [-0.39, 0.29) is 12.4 Å². The lowest BCUT2D eigenvalue weighted by atomic mass is 10.1. The minimum atomic E-state index is -0.989. The fourth-order valence-electron chi connectivity index (χ4n) is 1.48. The average Bonchev–Trinajstić information content (AvgIpc) is 2.51. The molecule has 0 spiro atoms. The number of benzene rings is 1. The third kappa shape index (κ3) is 1.15. The fraction of sp³-hybridized carbons (Fsp3) is 0.333. The van der Waals surface area contributed by atoms with E-state index >= 15 is 0 Å². The number of ether oxygens (including phenoxy) is 2. The molecule has 70 valence electrons. The first-order valence-corrected chi connectivity index (χ1v) is 3.92. The molecule has 0 amide bonds. The molecule has 0 bridgehead atoms. The van der Waals surface area contributed by atoms with Crippen molar-refractivity contribution in [2.45, 2.75) is 12.9 Å². The van der Waals surface area contributed by atoms with E-state index in [9.17, 15) is 10.2 Å². The maximum Gasteiger partial charge on any atom is 0.185 e. The SMILES string of the molecule is COc1ccc(O)c2c1C(O)OC2. The highest BCUT2D eigenvalue weighted by Crippen LogP contribution is 2.40. The number of phenolic OH excluding ortho intramolecular Hbond substituents is 1. The topological polar surface area (TPSA) is 58.9 Å². The van der Waals surface area contributed by atoms with Crippen LogP contribution in [0.1, 0.15) is 17.4 Å². The van der Waals surface area contributed by atoms with Crippen LogP contribution in [0.5, 0.6) is 11.5 Å². The highest BCUT2D eigenvalue weighted by Gasteiger charge is 2.27. The molecule has 0 fully saturated rings. The number of aliphatic hydroxyl groups is 1. The monoisotopic (exact) mass is 182 g/mol. The molecule has 1 atom stereocenters. The van der Waals surface area contributed by atoms with E-state index < -0.39 is 6.29 Å². The van der Waals surface area contributed by atoms with Crippen LogP contribution < -0.4 is 4.74 Å². The molecular weight excluding hydrogens is 172 g/mol. The minimum Gasteiger partial charge on any atom is -0.508 e. The highest BCUT2D eigenvalue weighted by molar-refractivity contribution is 5.49. The van der Waals surface area contributed by atoms with E-state index in [2.05, 4.69) is 0 Å². The summed E-state index contributed by atoms with van der Waals surface area (Å²) >= 11 is 0. The number of methoxy groups -OCH3 is 1. The maximum absolute atomic E-state index is 9.42. The Morgan fingerprint density at radius 1 is 1.54 bits per heavy atom. The number of hydrogen-bond donors (Lipinski definition) is 2. The Balaban J connectivity index is 2.60. The molecule has 4 nitrogen and oxygen atoms in total. The molecule has 1 aliphatic heterocycles. The van der Waals surface area contributed by atoms with Crippen LogP contribution in [0.2, 0.25) is 0 Å². The molecule has 1 aliphatic rings. The second-order valence-corrected chi connectivity index (χ2v) is 2.84.